The molecule has 0 heterocycles. The van der Waals surface area contributed by atoms with Crippen molar-refractivity contribution in [3.8, 4) is 0 Å². The van der Waals surface area contributed by atoms with Crippen LogP contribution in [0.15, 0.2) is 30.3 Å². The van der Waals surface area contributed by atoms with E-state index in [1.165, 1.54) is 35.4 Å². The maximum Gasteiger partial charge on any atom is 0.320 e. The predicted molar refractivity (Wildman–Crippen MR) is 194 cm³/mol. The molecular weight excluding hydrogens is 718 g/mol. The highest BCUT2D eigenvalue weighted by Crippen LogP contribution is 2.20. The first-order chi connectivity index (χ1) is 24.9. The number of carboxylic acids is 5. The molecule has 0 radical (unpaired) electrons. The molecule has 18 nitrogen and oxygen atoms in total. The highest BCUT2D eigenvalue weighted by atomic mass is 16.5. The van der Waals surface area contributed by atoms with E-state index in [4.69, 9.17) is 30.3 Å². The summed E-state index contributed by atoms with van der Waals surface area (Å²) in [4.78, 5) is 85.8. The van der Waals surface area contributed by atoms with Crippen LogP contribution in [0.5, 0.6) is 0 Å². The van der Waals surface area contributed by atoms with Crippen LogP contribution in [0.25, 0.3) is 0 Å². The van der Waals surface area contributed by atoms with Gasteiger partial charge in [-0.05, 0) is 46.3 Å². The molecule has 0 fully saturated rings. The minimum absolute atomic E-state index is 0.0521. The van der Waals surface area contributed by atoms with E-state index in [1.807, 2.05) is 0 Å². The van der Waals surface area contributed by atoms with Crippen molar-refractivity contribution in [3.05, 3.63) is 35.9 Å². The molecule has 0 saturated heterocycles. The summed E-state index contributed by atoms with van der Waals surface area (Å²) in [7, 11) is 8.70. The molecule has 6 atom stereocenters. The maximum absolute atomic E-state index is 11.0. The lowest BCUT2D eigenvalue weighted by Gasteiger charge is -2.13. The number of carbonyl (C=O) groups is 8. The Morgan fingerprint density at radius 3 is 1.26 bits per heavy atom. The number of likely N-dealkylation sites (N-methyl/N-ethyl adjacent to an activating group) is 1. The SMILES string of the molecule is COC(=O)C[C@@H](C(=O)O)C(C)C.COC(=O)C[C@H](C(=O)O)c1ccccc1.COC(=O)C[C@H](C)C(=O)O.CO[C@H](C)[C@@H](C)C(=O)O.C[C@H](C(=O)O)N(C)C. The van der Waals surface area contributed by atoms with E-state index in [0.717, 1.165) is 0 Å². The van der Waals surface area contributed by atoms with Gasteiger partial charge in [0.25, 0.3) is 0 Å². The van der Waals surface area contributed by atoms with Gasteiger partial charge < -0.3 is 44.5 Å². The van der Waals surface area contributed by atoms with Crippen molar-refractivity contribution in [2.75, 3.05) is 42.5 Å². The summed E-state index contributed by atoms with van der Waals surface area (Å²) < 4.78 is 17.9. The van der Waals surface area contributed by atoms with E-state index in [2.05, 4.69) is 14.2 Å². The number of hydrogen-bond donors (Lipinski definition) is 5. The molecule has 1 aromatic rings. The number of esters is 3. The zero-order valence-electron chi connectivity index (χ0n) is 33.1. The van der Waals surface area contributed by atoms with Gasteiger partial charge in [-0.1, -0.05) is 51.1 Å². The number of carbonyl (C=O) groups excluding carboxylic acids is 3. The van der Waals surface area contributed by atoms with E-state index >= 15 is 0 Å². The van der Waals surface area contributed by atoms with Crippen LogP contribution in [0.2, 0.25) is 0 Å². The third-order valence-electron chi connectivity index (χ3n) is 7.55. The van der Waals surface area contributed by atoms with Crippen molar-refractivity contribution >= 4 is 47.8 Å². The van der Waals surface area contributed by atoms with Gasteiger partial charge in [0.15, 0.2) is 0 Å². The molecule has 18 heteroatoms. The van der Waals surface area contributed by atoms with Gasteiger partial charge in [-0.25, -0.2) is 0 Å². The van der Waals surface area contributed by atoms with Gasteiger partial charge in [0.1, 0.15) is 6.04 Å². The second-order valence-electron chi connectivity index (χ2n) is 12.1. The van der Waals surface area contributed by atoms with Crippen molar-refractivity contribution < 1.29 is 82.8 Å². The fourth-order valence-corrected chi connectivity index (χ4v) is 3.20. The molecule has 0 aliphatic heterocycles. The van der Waals surface area contributed by atoms with E-state index < -0.39 is 71.4 Å². The highest BCUT2D eigenvalue weighted by molar-refractivity contribution is 5.83. The smallest absolute Gasteiger partial charge is 0.320 e. The number of rotatable bonds is 16. The monoisotopic (exact) mass is 777 g/mol. The third-order valence-corrected chi connectivity index (χ3v) is 7.55. The van der Waals surface area contributed by atoms with Crippen LogP contribution in [0.4, 0.5) is 0 Å². The molecule has 54 heavy (non-hydrogen) atoms. The Bertz CT molecular complexity index is 1280. The van der Waals surface area contributed by atoms with Crippen molar-refractivity contribution in [3.63, 3.8) is 0 Å². The van der Waals surface area contributed by atoms with E-state index in [9.17, 15) is 38.4 Å². The van der Waals surface area contributed by atoms with Crippen LogP contribution >= 0.6 is 0 Å². The van der Waals surface area contributed by atoms with E-state index in [0.29, 0.717) is 5.56 Å². The zero-order valence-corrected chi connectivity index (χ0v) is 33.1. The number of nitrogens with zero attached hydrogens (tertiary/aromatic N) is 1. The molecule has 1 rings (SSSR count). The van der Waals surface area contributed by atoms with E-state index in [-0.39, 0.29) is 37.3 Å². The van der Waals surface area contributed by atoms with Gasteiger partial charge in [0.2, 0.25) is 0 Å². The minimum Gasteiger partial charge on any atom is -0.481 e. The fraction of sp³-hybridized carbons (Fsp3) is 0.611. The van der Waals surface area contributed by atoms with Gasteiger partial charge in [0.05, 0.1) is 70.4 Å². The zero-order chi connectivity index (χ0) is 43.3. The summed E-state index contributed by atoms with van der Waals surface area (Å²) in [5.41, 5.74) is 0.607. The minimum atomic E-state index is -1.02. The molecule has 0 aliphatic rings. The standard InChI is InChI=1S/C11H12O4.C8H14O4.C6H10O4.C6H12O3.C5H11NO2/c1-15-10(12)7-9(11(13)14)8-5-3-2-4-6-8;1-5(2)6(8(10)11)4-7(9)12-3;1-4(6(8)9)3-5(7)10-2;1-4(6(7)8)5(2)9-3;1-4(5(7)8)6(2)3/h2-6,9H,7H2,1H3,(H,13,14);5-6H,4H2,1-3H3,(H,10,11);4H,3H2,1-2H3,(H,8,9);4-5H,1-3H3,(H,7,8);4H,1-3H3,(H,7,8)/t9-;6-;4-;4-,5-;4-/m01011/s1. The second kappa shape index (κ2) is 31.4. The average Bonchev–Trinajstić information content (AvgIpc) is 3.12. The summed E-state index contributed by atoms with van der Waals surface area (Å²) in [5, 5.41) is 42.7. The topological polar surface area (TPSA) is 278 Å². The van der Waals surface area contributed by atoms with Crippen molar-refractivity contribution in [1.82, 2.24) is 4.90 Å². The van der Waals surface area contributed by atoms with Crippen LogP contribution in [0, 0.1) is 23.7 Å². The van der Waals surface area contributed by atoms with Crippen LogP contribution in [-0.2, 0) is 57.3 Å². The lowest BCUT2D eigenvalue weighted by atomic mass is 9.93. The number of benzene rings is 1. The molecule has 0 amide bonds. The van der Waals surface area contributed by atoms with Crippen LogP contribution in [-0.4, -0.2) is 133 Å². The first-order valence-corrected chi connectivity index (χ1v) is 16.4. The molecule has 0 unspecified atom stereocenters. The number of aliphatic carboxylic acids is 5. The molecule has 0 saturated carbocycles. The summed E-state index contributed by atoms with van der Waals surface area (Å²) in [6.45, 7) is 9.99. The number of carboxylic acid groups (broad SMARTS) is 5. The summed E-state index contributed by atoms with van der Waals surface area (Å²) in [5.74, 6) is -8.65. The lowest BCUT2D eigenvalue weighted by Crippen LogP contribution is -2.32. The van der Waals surface area contributed by atoms with Gasteiger partial charge in [-0.3, -0.25) is 43.3 Å². The third kappa shape index (κ3) is 28.5. The average molecular weight is 778 g/mol. The Hall–Kier alpha value is -5.10. The number of ether oxygens (including phenoxy) is 4. The Morgan fingerprint density at radius 1 is 0.574 bits per heavy atom. The molecule has 1 aromatic carbocycles. The van der Waals surface area contributed by atoms with Crippen molar-refractivity contribution in [2.24, 2.45) is 23.7 Å². The maximum atomic E-state index is 11.0. The Balaban J connectivity index is -0.000000295. The first kappa shape index (κ1) is 55.7. The number of methoxy groups -OCH3 is 4. The molecule has 310 valence electrons. The quantitative estimate of drug-likeness (QED) is 0.119. The van der Waals surface area contributed by atoms with Crippen LogP contribution in [0.3, 0.4) is 0 Å². The fourth-order valence-electron chi connectivity index (χ4n) is 3.20. The molecule has 0 aromatic heterocycles. The van der Waals surface area contributed by atoms with Gasteiger partial charge in [-0.15, -0.1) is 0 Å². The summed E-state index contributed by atoms with van der Waals surface area (Å²) in [6, 6.07) is 8.25. The Kier molecular flexibility index (Phi) is 32.4. The molecule has 0 aliphatic carbocycles. The van der Waals surface area contributed by atoms with Crippen molar-refractivity contribution in [2.45, 2.75) is 78.9 Å². The Labute approximate surface area is 316 Å². The molecule has 0 spiro atoms. The summed E-state index contributed by atoms with van der Waals surface area (Å²) >= 11 is 0. The Morgan fingerprint density at radius 2 is 1.00 bits per heavy atom. The first-order valence-electron chi connectivity index (χ1n) is 16.4. The second-order valence-corrected chi connectivity index (χ2v) is 12.1. The van der Waals surface area contributed by atoms with Gasteiger partial charge in [0, 0.05) is 7.11 Å². The lowest BCUT2D eigenvalue weighted by molar-refractivity contribution is -0.151. The number of hydrogen-bond acceptors (Lipinski definition) is 13. The van der Waals surface area contributed by atoms with Gasteiger partial charge >= 0.3 is 47.8 Å². The molecule has 0 bridgehead atoms. The van der Waals surface area contributed by atoms with Crippen LogP contribution < -0.4 is 0 Å². The van der Waals surface area contributed by atoms with E-state index in [1.54, 1.807) is 83.9 Å². The van der Waals surface area contributed by atoms with Crippen molar-refractivity contribution in [1.29, 1.82) is 0 Å². The summed E-state index contributed by atoms with van der Waals surface area (Å²) in [6.07, 6.45) is -0.465. The highest BCUT2D eigenvalue weighted by Gasteiger charge is 2.25. The molecular formula is C36H59NO17. The van der Waals surface area contributed by atoms with Crippen LogP contribution in [0.1, 0.15) is 72.3 Å². The molecule has 5 N–H and O–H groups in total. The largest absolute Gasteiger partial charge is 0.481 e. The van der Waals surface area contributed by atoms with Gasteiger partial charge in [-0.2, -0.15) is 0 Å². The normalized spacial score (nSPS) is 13.2. The predicted octanol–water partition coefficient (Wildman–Crippen LogP) is 3.36.